The van der Waals surface area contributed by atoms with E-state index in [9.17, 15) is 13.2 Å². The van der Waals surface area contributed by atoms with E-state index < -0.39 is 15.4 Å². The maximum absolute atomic E-state index is 12.2. The van der Waals surface area contributed by atoms with Crippen LogP contribution in [0.1, 0.15) is 52.4 Å². The van der Waals surface area contributed by atoms with E-state index in [1.54, 1.807) is 0 Å². The summed E-state index contributed by atoms with van der Waals surface area (Å²) in [7, 11) is -2.99. The van der Waals surface area contributed by atoms with E-state index in [0.717, 1.165) is 12.8 Å². The van der Waals surface area contributed by atoms with Gasteiger partial charge in [-0.1, -0.05) is 0 Å². The minimum atomic E-state index is -2.99. The normalized spacial score (nSPS) is 28.0. The van der Waals surface area contributed by atoms with Crippen LogP contribution in [0.15, 0.2) is 0 Å². The van der Waals surface area contributed by atoms with Crippen LogP contribution in [0, 0.1) is 5.92 Å². The lowest BCUT2D eigenvalue weighted by Gasteiger charge is -2.31. The Morgan fingerprint density at radius 1 is 1.23 bits per heavy atom. The molecule has 2 unspecified atom stereocenters. The molecular formula is C15H29ClN2O3S. The first-order chi connectivity index (χ1) is 9.63. The van der Waals surface area contributed by atoms with Crippen LogP contribution in [0.4, 0.5) is 0 Å². The Balaban J connectivity index is 0.00000242. The van der Waals surface area contributed by atoms with Gasteiger partial charge in [-0.15, -0.1) is 12.4 Å². The fraction of sp³-hybridized carbons (Fsp3) is 0.933. The summed E-state index contributed by atoms with van der Waals surface area (Å²) in [4.78, 5) is 12.2. The zero-order valence-electron chi connectivity index (χ0n) is 13.7. The molecule has 22 heavy (non-hydrogen) atoms. The summed E-state index contributed by atoms with van der Waals surface area (Å²) in [5.74, 6) is 0.631. The van der Waals surface area contributed by atoms with Crippen molar-refractivity contribution in [2.45, 2.75) is 70.0 Å². The third-order valence-corrected chi connectivity index (χ3v) is 5.57. The highest BCUT2D eigenvalue weighted by Crippen LogP contribution is 2.32. The molecule has 2 bridgehead atoms. The molecule has 0 aromatic heterocycles. The average molecular weight is 353 g/mol. The molecule has 5 nitrogen and oxygen atoms in total. The molecular weight excluding hydrogens is 324 g/mol. The summed E-state index contributed by atoms with van der Waals surface area (Å²) in [5, 5.41) is 6.58. The number of nitrogens with one attached hydrogen (secondary N) is 2. The monoisotopic (exact) mass is 352 g/mol. The van der Waals surface area contributed by atoms with E-state index in [2.05, 4.69) is 10.6 Å². The van der Waals surface area contributed by atoms with Gasteiger partial charge in [0.15, 0.2) is 0 Å². The van der Waals surface area contributed by atoms with E-state index in [-0.39, 0.29) is 24.1 Å². The average Bonchev–Trinajstić information content (AvgIpc) is 2.65. The molecule has 2 saturated heterocycles. The number of piperidine rings is 1. The molecule has 7 heteroatoms. The zero-order chi connectivity index (χ0) is 15.7. The molecule has 0 aromatic carbocycles. The highest BCUT2D eigenvalue weighted by atomic mass is 35.5. The summed E-state index contributed by atoms with van der Waals surface area (Å²) in [6.07, 6.45) is 6.91. The molecule has 2 N–H and O–H groups in total. The van der Waals surface area contributed by atoms with Crippen LogP contribution in [0.25, 0.3) is 0 Å². The third-order valence-electron chi connectivity index (χ3n) is 4.62. The maximum Gasteiger partial charge on any atom is 0.220 e. The first kappa shape index (κ1) is 19.7. The van der Waals surface area contributed by atoms with Crippen molar-refractivity contribution >= 4 is 28.2 Å². The van der Waals surface area contributed by atoms with Crippen molar-refractivity contribution in [3.8, 4) is 0 Å². The van der Waals surface area contributed by atoms with Crippen molar-refractivity contribution in [1.82, 2.24) is 10.6 Å². The second-order valence-corrected chi connectivity index (χ2v) is 9.75. The van der Waals surface area contributed by atoms with Gasteiger partial charge >= 0.3 is 0 Å². The standard InChI is InChI=1S/C15H28N2O3S.ClH/c1-15(2,6-7-21(3,19)20)17-14(18)10-11-8-12-4-5-13(9-11)16-12;/h11-13,16H,4-10H2,1-3H3,(H,17,18);1H. The summed E-state index contributed by atoms with van der Waals surface area (Å²) in [6, 6.07) is 1.19. The van der Waals surface area contributed by atoms with E-state index >= 15 is 0 Å². The van der Waals surface area contributed by atoms with Crippen LogP contribution in [-0.2, 0) is 14.6 Å². The smallest absolute Gasteiger partial charge is 0.220 e. The number of carbonyl (C=O) groups excluding carboxylic acids is 1. The molecule has 2 aliphatic rings. The predicted molar refractivity (Wildman–Crippen MR) is 91.1 cm³/mol. The molecule has 2 heterocycles. The van der Waals surface area contributed by atoms with Crippen LogP contribution in [0.3, 0.4) is 0 Å². The minimum Gasteiger partial charge on any atom is -0.351 e. The molecule has 0 spiro atoms. The van der Waals surface area contributed by atoms with Gasteiger partial charge in [-0.3, -0.25) is 4.79 Å². The predicted octanol–water partition coefficient (Wildman–Crippen LogP) is 1.66. The first-order valence-corrected chi connectivity index (χ1v) is 9.94. The topological polar surface area (TPSA) is 75.3 Å². The number of hydrogen-bond donors (Lipinski definition) is 2. The molecule has 0 saturated carbocycles. The van der Waals surface area contributed by atoms with Gasteiger partial charge in [0.2, 0.25) is 5.91 Å². The summed E-state index contributed by atoms with van der Waals surface area (Å²) >= 11 is 0. The van der Waals surface area contributed by atoms with Gasteiger partial charge in [0, 0.05) is 30.3 Å². The molecule has 2 atom stereocenters. The zero-order valence-corrected chi connectivity index (χ0v) is 15.4. The summed E-state index contributed by atoms with van der Waals surface area (Å²) in [5.41, 5.74) is -0.466. The van der Waals surface area contributed by atoms with E-state index in [1.165, 1.54) is 19.1 Å². The fourth-order valence-corrected chi connectivity index (χ4v) is 4.42. The van der Waals surface area contributed by atoms with Crippen molar-refractivity contribution in [2.24, 2.45) is 5.92 Å². The second-order valence-electron chi connectivity index (χ2n) is 7.49. The fourth-order valence-electron chi connectivity index (χ4n) is 3.54. The van der Waals surface area contributed by atoms with Crippen LogP contribution in [0.5, 0.6) is 0 Å². The van der Waals surface area contributed by atoms with E-state index in [1.807, 2.05) is 13.8 Å². The lowest BCUT2D eigenvalue weighted by atomic mass is 9.89. The molecule has 0 aromatic rings. The quantitative estimate of drug-likeness (QED) is 0.762. The van der Waals surface area contributed by atoms with E-state index in [0.29, 0.717) is 30.8 Å². The van der Waals surface area contributed by atoms with E-state index in [4.69, 9.17) is 0 Å². The van der Waals surface area contributed by atoms with Crippen LogP contribution in [-0.4, -0.2) is 44.0 Å². The van der Waals surface area contributed by atoms with Gasteiger partial charge in [0.05, 0.1) is 5.75 Å². The number of amides is 1. The molecule has 2 fully saturated rings. The van der Waals surface area contributed by atoms with Gasteiger partial charge in [0.1, 0.15) is 9.84 Å². The van der Waals surface area contributed by atoms with Crippen molar-refractivity contribution in [3.63, 3.8) is 0 Å². The molecule has 2 aliphatic heterocycles. The van der Waals surface area contributed by atoms with Crippen molar-refractivity contribution in [3.05, 3.63) is 0 Å². The lowest BCUT2D eigenvalue weighted by molar-refractivity contribution is -0.123. The van der Waals surface area contributed by atoms with Gasteiger partial charge in [-0.2, -0.15) is 0 Å². The van der Waals surface area contributed by atoms with Gasteiger partial charge in [-0.25, -0.2) is 8.42 Å². The Hall–Kier alpha value is -0.330. The van der Waals surface area contributed by atoms with Crippen LogP contribution in [0.2, 0.25) is 0 Å². The lowest BCUT2D eigenvalue weighted by Crippen LogP contribution is -2.46. The Kier molecular flexibility index (Phi) is 6.72. The number of rotatable bonds is 6. The molecule has 1 amide bonds. The number of fused-ring (bicyclic) bond motifs is 2. The van der Waals surface area contributed by atoms with Crippen molar-refractivity contribution in [2.75, 3.05) is 12.0 Å². The van der Waals surface area contributed by atoms with Gasteiger partial charge in [0.25, 0.3) is 0 Å². The SMILES string of the molecule is CC(C)(CCS(C)(=O)=O)NC(=O)CC1CC2CCC(C1)N2.Cl. The van der Waals surface area contributed by atoms with Crippen molar-refractivity contribution < 1.29 is 13.2 Å². The van der Waals surface area contributed by atoms with Crippen LogP contribution < -0.4 is 10.6 Å². The number of hydrogen-bond acceptors (Lipinski definition) is 4. The highest BCUT2D eigenvalue weighted by Gasteiger charge is 2.34. The maximum atomic E-state index is 12.2. The first-order valence-electron chi connectivity index (χ1n) is 7.88. The Bertz CT molecular complexity index is 481. The Morgan fingerprint density at radius 3 is 2.27 bits per heavy atom. The highest BCUT2D eigenvalue weighted by molar-refractivity contribution is 7.90. The molecule has 130 valence electrons. The molecule has 2 rings (SSSR count). The minimum absolute atomic E-state index is 0. The Labute approximate surface area is 140 Å². The van der Waals surface area contributed by atoms with Gasteiger partial charge < -0.3 is 10.6 Å². The molecule has 0 radical (unpaired) electrons. The summed E-state index contributed by atoms with van der Waals surface area (Å²) < 4.78 is 22.5. The number of carbonyl (C=O) groups is 1. The molecule has 0 aliphatic carbocycles. The van der Waals surface area contributed by atoms with Crippen LogP contribution >= 0.6 is 12.4 Å². The van der Waals surface area contributed by atoms with Gasteiger partial charge in [-0.05, 0) is 51.9 Å². The summed E-state index contributed by atoms with van der Waals surface area (Å²) in [6.45, 7) is 3.78. The van der Waals surface area contributed by atoms with Crippen molar-refractivity contribution in [1.29, 1.82) is 0 Å². The third kappa shape index (κ3) is 6.42. The Morgan fingerprint density at radius 2 is 1.77 bits per heavy atom. The number of sulfone groups is 1. The largest absolute Gasteiger partial charge is 0.351 e. The second kappa shape index (κ2) is 7.49. The number of halogens is 1.